The number of benzene rings is 2. The van der Waals surface area contributed by atoms with Crippen LogP contribution in [-0.2, 0) is 0 Å². The second-order valence-electron chi connectivity index (χ2n) is 7.62. The maximum absolute atomic E-state index is 13.1. The van der Waals surface area contributed by atoms with E-state index in [-0.39, 0.29) is 5.82 Å². The number of aromatic nitrogens is 1. The topological polar surface area (TPSA) is 40.2 Å². The van der Waals surface area contributed by atoms with E-state index in [1.807, 2.05) is 12.3 Å². The quantitative estimate of drug-likeness (QED) is 0.408. The minimum Gasteiger partial charge on any atom is -0.494 e. The van der Waals surface area contributed by atoms with E-state index in [0.717, 1.165) is 54.3 Å². The predicted octanol–water partition coefficient (Wildman–Crippen LogP) is 6.08. The van der Waals surface area contributed by atoms with Crippen molar-refractivity contribution in [2.45, 2.75) is 45.4 Å². The fraction of sp³-hybridized carbons (Fsp3) is 0.417. The van der Waals surface area contributed by atoms with E-state index in [9.17, 15) is 4.39 Å². The highest BCUT2D eigenvalue weighted by atomic mass is 19.1. The Morgan fingerprint density at radius 1 is 0.964 bits per heavy atom. The van der Waals surface area contributed by atoms with Crippen LogP contribution in [0.5, 0.6) is 5.75 Å². The number of nitrogens with two attached hydrogens (primary N) is 1. The lowest BCUT2D eigenvalue weighted by atomic mass is 10.00. The molecule has 0 saturated carbocycles. The highest BCUT2D eigenvalue weighted by Crippen LogP contribution is 2.25. The summed E-state index contributed by atoms with van der Waals surface area (Å²) in [4.78, 5) is 0. The van der Waals surface area contributed by atoms with Crippen molar-refractivity contribution in [3.63, 3.8) is 0 Å². The van der Waals surface area contributed by atoms with Crippen LogP contribution in [0.25, 0.3) is 16.6 Å². The molecule has 150 valence electrons. The highest BCUT2D eigenvalue weighted by Gasteiger charge is 2.05. The lowest BCUT2D eigenvalue weighted by Gasteiger charge is -2.10. The fourth-order valence-corrected chi connectivity index (χ4v) is 3.60. The first-order valence-corrected chi connectivity index (χ1v) is 10.4. The molecule has 2 aromatic carbocycles. The van der Waals surface area contributed by atoms with Gasteiger partial charge in [0.15, 0.2) is 0 Å². The predicted molar refractivity (Wildman–Crippen MR) is 115 cm³/mol. The summed E-state index contributed by atoms with van der Waals surface area (Å²) in [5.74, 6) is 1.43. The van der Waals surface area contributed by atoms with Gasteiger partial charge in [-0.3, -0.25) is 0 Å². The molecule has 0 amide bonds. The standard InChI is InChI=1S/C24H31FN2O/c1-19(13-15-26)6-4-2-3-5-17-28-23-11-12-24-20(18-23)14-16-27(24)22-9-7-21(25)8-10-22/h7-12,14,16,18-19H,2-6,13,15,17,26H2,1H3. The van der Waals surface area contributed by atoms with Gasteiger partial charge in [-0.25, -0.2) is 4.39 Å². The summed E-state index contributed by atoms with van der Waals surface area (Å²) < 4.78 is 21.1. The van der Waals surface area contributed by atoms with Gasteiger partial charge in [0.05, 0.1) is 12.1 Å². The van der Waals surface area contributed by atoms with E-state index in [4.69, 9.17) is 10.5 Å². The number of ether oxygens (including phenoxy) is 1. The first kappa shape index (κ1) is 20.4. The number of fused-ring (bicyclic) bond motifs is 1. The summed E-state index contributed by atoms with van der Waals surface area (Å²) in [5.41, 5.74) is 7.63. The Hall–Kier alpha value is -2.33. The van der Waals surface area contributed by atoms with Gasteiger partial charge in [0.2, 0.25) is 0 Å². The Morgan fingerprint density at radius 2 is 1.75 bits per heavy atom. The molecule has 28 heavy (non-hydrogen) atoms. The number of rotatable bonds is 11. The van der Waals surface area contributed by atoms with E-state index in [1.165, 1.54) is 37.8 Å². The summed E-state index contributed by atoms with van der Waals surface area (Å²) in [6, 6.07) is 14.8. The number of unbranched alkanes of at least 4 members (excludes halogenated alkanes) is 3. The summed E-state index contributed by atoms with van der Waals surface area (Å²) in [6.07, 6.45) is 9.25. The molecule has 3 aromatic rings. The molecule has 0 aliphatic rings. The molecule has 1 atom stereocenters. The first-order chi connectivity index (χ1) is 13.7. The third-order valence-electron chi connectivity index (χ3n) is 5.29. The molecule has 1 unspecified atom stereocenters. The van der Waals surface area contributed by atoms with Crippen LogP contribution >= 0.6 is 0 Å². The molecule has 2 N–H and O–H groups in total. The van der Waals surface area contributed by atoms with Crippen LogP contribution in [0.2, 0.25) is 0 Å². The van der Waals surface area contributed by atoms with Crippen LogP contribution in [0.1, 0.15) is 45.4 Å². The molecule has 0 radical (unpaired) electrons. The first-order valence-electron chi connectivity index (χ1n) is 10.4. The highest BCUT2D eigenvalue weighted by molar-refractivity contribution is 5.83. The van der Waals surface area contributed by atoms with Crippen LogP contribution in [0.15, 0.2) is 54.7 Å². The molecule has 0 saturated heterocycles. The summed E-state index contributed by atoms with van der Waals surface area (Å²) in [6.45, 7) is 3.84. The lowest BCUT2D eigenvalue weighted by molar-refractivity contribution is 0.304. The van der Waals surface area contributed by atoms with Gasteiger partial charge in [-0.15, -0.1) is 0 Å². The maximum atomic E-state index is 13.1. The maximum Gasteiger partial charge on any atom is 0.123 e. The van der Waals surface area contributed by atoms with Crippen molar-refractivity contribution in [1.82, 2.24) is 4.57 Å². The smallest absolute Gasteiger partial charge is 0.123 e. The molecule has 3 nitrogen and oxygen atoms in total. The average molecular weight is 383 g/mol. The molecule has 0 spiro atoms. The van der Waals surface area contributed by atoms with E-state index in [1.54, 1.807) is 12.1 Å². The van der Waals surface area contributed by atoms with Gasteiger partial charge in [0.25, 0.3) is 0 Å². The van der Waals surface area contributed by atoms with Gasteiger partial charge >= 0.3 is 0 Å². The van der Waals surface area contributed by atoms with Crippen LogP contribution in [0.3, 0.4) is 0 Å². The SMILES string of the molecule is CC(CCN)CCCCCCOc1ccc2c(ccn2-c2ccc(F)cc2)c1. The monoisotopic (exact) mass is 382 g/mol. The Kier molecular flexibility index (Phi) is 7.49. The largest absolute Gasteiger partial charge is 0.494 e. The molecule has 3 rings (SSSR count). The fourth-order valence-electron chi connectivity index (χ4n) is 3.60. The molecular weight excluding hydrogens is 351 g/mol. The van der Waals surface area contributed by atoms with E-state index < -0.39 is 0 Å². The van der Waals surface area contributed by atoms with Gasteiger partial charge in [0.1, 0.15) is 11.6 Å². The zero-order valence-electron chi connectivity index (χ0n) is 16.7. The van der Waals surface area contributed by atoms with Crippen LogP contribution < -0.4 is 10.5 Å². The third kappa shape index (κ3) is 5.59. The molecule has 1 aromatic heterocycles. The van der Waals surface area contributed by atoms with E-state index in [0.29, 0.717) is 0 Å². The van der Waals surface area contributed by atoms with Gasteiger partial charge in [-0.2, -0.15) is 0 Å². The van der Waals surface area contributed by atoms with Gasteiger partial charge in [0, 0.05) is 17.3 Å². The Morgan fingerprint density at radius 3 is 2.54 bits per heavy atom. The number of hydrogen-bond acceptors (Lipinski definition) is 2. The second kappa shape index (κ2) is 10.3. The van der Waals surface area contributed by atoms with Crippen LogP contribution in [0.4, 0.5) is 4.39 Å². The summed E-state index contributed by atoms with van der Waals surface area (Å²) in [7, 11) is 0. The molecule has 0 aliphatic heterocycles. The van der Waals surface area contributed by atoms with E-state index >= 15 is 0 Å². The molecule has 0 aliphatic carbocycles. The van der Waals surface area contributed by atoms with Crippen molar-refractivity contribution in [2.75, 3.05) is 13.2 Å². The van der Waals surface area contributed by atoms with Crippen molar-refractivity contribution in [2.24, 2.45) is 11.7 Å². The van der Waals surface area contributed by atoms with Gasteiger partial charge < -0.3 is 15.0 Å². The molecule has 0 fully saturated rings. The Bertz CT molecular complexity index is 857. The minimum atomic E-state index is -0.221. The Labute approximate surface area is 167 Å². The van der Waals surface area contributed by atoms with E-state index in [2.05, 4.69) is 29.7 Å². The summed E-state index contributed by atoms with van der Waals surface area (Å²) in [5, 5.41) is 1.12. The van der Waals surface area contributed by atoms with Gasteiger partial charge in [-0.05, 0) is 73.8 Å². The van der Waals surface area contributed by atoms with Crippen molar-refractivity contribution >= 4 is 10.9 Å². The average Bonchev–Trinajstić information content (AvgIpc) is 3.11. The lowest BCUT2D eigenvalue weighted by Crippen LogP contribution is -2.05. The van der Waals surface area contributed by atoms with Crippen LogP contribution in [-0.4, -0.2) is 17.7 Å². The zero-order chi connectivity index (χ0) is 19.8. The second-order valence-corrected chi connectivity index (χ2v) is 7.62. The van der Waals surface area contributed by atoms with Crippen molar-refractivity contribution in [1.29, 1.82) is 0 Å². The molecule has 4 heteroatoms. The Balaban J connectivity index is 1.46. The van der Waals surface area contributed by atoms with Crippen LogP contribution in [0, 0.1) is 11.7 Å². The number of halogens is 1. The van der Waals surface area contributed by atoms with Crippen molar-refractivity contribution in [3.8, 4) is 11.4 Å². The number of hydrogen-bond donors (Lipinski definition) is 1. The van der Waals surface area contributed by atoms with Gasteiger partial charge in [-0.1, -0.05) is 32.6 Å². The van der Waals surface area contributed by atoms with Crippen molar-refractivity contribution in [3.05, 3.63) is 60.5 Å². The zero-order valence-corrected chi connectivity index (χ0v) is 16.7. The third-order valence-corrected chi connectivity index (χ3v) is 5.29. The molecule has 0 bridgehead atoms. The molecular formula is C24H31FN2O. The number of nitrogens with zero attached hydrogens (tertiary/aromatic N) is 1. The molecule has 1 heterocycles. The van der Waals surface area contributed by atoms with Crippen molar-refractivity contribution < 1.29 is 9.13 Å². The summed E-state index contributed by atoms with van der Waals surface area (Å²) >= 11 is 0. The minimum absolute atomic E-state index is 0.221. The normalized spacial score (nSPS) is 12.4.